The molecule has 3 aromatic rings. The van der Waals surface area contributed by atoms with Gasteiger partial charge in [0.25, 0.3) is 0 Å². The summed E-state index contributed by atoms with van der Waals surface area (Å²) >= 11 is 0. The highest BCUT2D eigenvalue weighted by molar-refractivity contribution is 5.88. The zero-order chi connectivity index (χ0) is 26.0. The van der Waals surface area contributed by atoms with Crippen LogP contribution in [0.25, 0.3) is 0 Å². The Balaban J connectivity index is 1.59. The van der Waals surface area contributed by atoms with Gasteiger partial charge in [0.15, 0.2) is 0 Å². The van der Waals surface area contributed by atoms with Gasteiger partial charge in [0.1, 0.15) is 6.04 Å². The average molecular weight is 497 g/mol. The molecular weight excluding hydrogens is 456 g/mol. The van der Waals surface area contributed by atoms with Crippen LogP contribution in [0.3, 0.4) is 0 Å². The molecule has 0 aromatic heterocycles. The summed E-state index contributed by atoms with van der Waals surface area (Å²) in [5.41, 5.74) is 5.63. The van der Waals surface area contributed by atoms with Crippen LogP contribution >= 0.6 is 0 Å². The SMILES string of the molecule is Cc1ccc(CCC(=O)N(Cc2ccc(C)cc2)[C@H](Cc2ccccc2)C(=O)NC2CCCCC2)cc1. The van der Waals surface area contributed by atoms with Gasteiger partial charge >= 0.3 is 0 Å². The van der Waals surface area contributed by atoms with Crippen LogP contribution in [-0.2, 0) is 29.0 Å². The molecule has 0 radical (unpaired) electrons. The molecule has 4 heteroatoms. The van der Waals surface area contributed by atoms with Crippen molar-refractivity contribution in [3.8, 4) is 0 Å². The number of benzene rings is 3. The number of amides is 2. The number of carbonyl (C=O) groups is 2. The molecular formula is C33H40N2O2. The number of hydrogen-bond acceptors (Lipinski definition) is 2. The molecule has 194 valence electrons. The second-order valence-electron chi connectivity index (χ2n) is 10.5. The topological polar surface area (TPSA) is 49.4 Å². The van der Waals surface area contributed by atoms with Crippen LogP contribution in [0.4, 0.5) is 0 Å². The number of aryl methyl sites for hydroxylation is 3. The monoisotopic (exact) mass is 496 g/mol. The maximum atomic E-state index is 13.8. The zero-order valence-corrected chi connectivity index (χ0v) is 22.3. The average Bonchev–Trinajstić information content (AvgIpc) is 2.92. The van der Waals surface area contributed by atoms with E-state index < -0.39 is 6.04 Å². The van der Waals surface area contributed by atoms with Crippen molar-refractivity contribution < 1.29 is 9.59 Å². The minimum absolute atomic E-state index is 0.0147. The highest BCUT2D eigenvalue weighted by Crippen LogP contribution is 2.21. The minimum atomic E-state index is -0.559. The summed E-state index contributed by atoms with van der Waals surface area (Å²) < 4.78 is 0. The third-order valence-electron chi connectivity index (χ3n) is 7.44. The molecule has 0 aliphatic heterocycles. The molecule has 2 amide bonds. The molecule has 1 aliphatic rings. The highest BCUT2D eigenvalue weighted by Gasteiger charge is 2.31. The van der Waals surface area contributed by atoms with Gasteiger partial charge in [-0.25, -0.2) is 0 Å². The molecule has 3 aromatic carbocycles. The smallest absolute Gasteiger partial charge is 0.243 e. The molecule has 0 saturated heterocycles. The fraction of sp³-hybridized carbons (Fsp3) is 0.394. The first-order valence-corrected chi connectivity index (χ1v) is 13.7. The Labute approximate surface area is 222 Å². The van der Waals surface area contributed by atoms with Gasteiger partial charge in [0, 0.05) is 25.4 Å². The lowest BCUT2D eigenvalue weighted by molar-refractivity contribution is -0.141. The maximum Gasteiger partial charge on any atom is 0.243 e. The fourth-order valence-electron chi connectivity index (χ4n) is 5.14. The van der Waals surface area contributed by atoms with Crippen molar-refractivity contribution in [2.75, 3.05) is 0 Å². The molecule has 1 aliphatic carbocycles. The third-order valence-corrected chi connectivity index (χ3v) is 7.44. The Morgan fingerprint density at radius 1 is 0.784 bits per heavy atom. The van der Waals surface area contributed by atoms with Crippen molar-refractivity contribution in [2.24, 2.45) is 0 Å². The Morgan fingerprint density at radius 2 is 1.38 bits per heavy atom. The first-order chi connectivity index (χ1) is 18.0. The van der Waals surface area contributed by atoms with Gasteiger partial charge in [-0.2, -0.15) is 0 Å². The second-order valence-corrected chi connectivity index (χ2v) is 10.5. The molecule has 1 fully saturated rings. The number of nitrogens with one attached hydrogen (secondary N) is 1. The van der Waals surface area contributed by atoms with Gasteiger partial charge in [-0.1, -0.05) is 109 Å². The first kappa shape index (κ1) is 26.7. The van der Waals surface area contributed by atoms with E-state index in [2.05, 4.69) is 67.7 Å². The van der Waals surface area contributed by atoms with Gasteiger partial charge in [-0.15, -0.1) is 0 Å². The Hall–Kier alpha value is -3.40. The molecule has 4 nitrogen and oxygen atoms in total. The summed E-state index contributed by atoms with van der Waals surface area (Å²) in [5.74, 6) is -0.0209. The van der Waals surface area contributed by atoms with Crippen molar-refractivity contribution in [3.63, 3.8) is 0 Å². The lowest BCUT2D eigenvalue weighted by atomic mass is 9.94. The molecule has 1 N–H and O–H groups in total. The van der Waals surface area contributed by atoms with Crippen molar-refractivity contribution in [1.82, 2.24) is 10.2 Å². The van der Waals surface area contributed by atoms with Gasteiger partial charge in [-0.3, -0.25) is 9.59 Å². The summed E-state index contributed by atoms with van der Waals surface area (Å²) in [6.07, 6.45) is 7.10. The summed E-state index contributed by atoms with van der Waals surface area (Å²) in [7, 11) is 0. The predicted octanol–water partition coefficient (Wildman–Crippen LogP) is 6.33. The van der Waals surface area contributed by atoms with E-state index in [0.29, 0.717) is 25.8 Å². The normalized spacial score (nSPS) is 14.6. The van der Waals surface area contributed by atoms with Crippen molar-refractivity contribution in [2.45, 2.75) is 83.8 Å². The fourth-order valence-corrected chi connectivity index (χ4v) is 5.14. The maximum absolute atomic E-state index is 13.8. The first-order valence-electron chi connectivity index (χ1n) is 13.7. The van der Waals surface area contributed by atoms with Crippen LogP contribution in [0.5, 0.6) is 0 Å². The van der Waals surface area contributed by atoms with Crippen LogP contribution in [0.2, 0.25) is 0 Å². The molecule has 1 saturated carbocycles. The Bertz CT molecular complexity index is 1130. The summed E-state index contributed by atoms with van der Waals surface area (Å²) in [4.78, 5) is 29.5. The third kappa shape index (κ3) is 8.04. The Kier molecular flexibility index (Phi) is 9.53. The number of hydrogen-bond donors (Lipinski definition) is 1. The summed E-state index contributed by atoms with van der Waals surface area (Å²) in [6.45, 7) is 4.55. The van der Waals surface area contributed by atoms with Crippen molar-refractivity contribution in [1.29, 1.82) is 0 Å². The molecule has 37 heavy (non-hydrogen) atoms. The van der Waals surface area contributed by atoms with E-state index in [1.165, 1.54) is 17.5 Å². The van der Waals surface area contributed by atoms with E-state index in [9.17, 15) is 9.59 Å². The van der Waals surface area contributed by atoms with Crippen LogP contribution in [0, 0.1) is 13.8 Å². The molecule has 0 heterocycles. The van der Waals surface area contributed by atoms with Gasteiger partial charge in [0.05, 0.1) is 0 Å². The van der Waals surface area contributed by atoms with Crippen molar-refractivity contribution >= 4 is 11.8 Å². The second kappa shape index (κ2) is 13.2. The summed E-state index contributed by atoms with van der Waals surface area (Å²) in [6, 6.07) is 26.3. The molecule has 0 spiro atoms. The lowest BCUT2D eigenvalue weighted by Gasteiger charge is -2.33. The number of carbonyl (C=O) groups excluding carboxylic acids is 2. The van der Waals surface area contributed by atoms with E-state index >= 15 is 0 Å². The number of rotatable bonds is 10. The highest BCUT2D eigenvalue weighted by atomic mass is 16.2. The standard InChI is InChI=1S/C33H40N2O2/c1-25-13-17-27(18-14-25)21-22-32(36)35(24-29-19-15-26(2)16-20-29)31(23-28-9-5-3-6-10-28)33(37)34-30-11-7-4-8-12-30/h3,5-6,9-10,13-20,30-31H,4,7-8,11-12,21-24H2,1-2H3,(H,34,37)/t31-/m1/s1. The van der Waals surface area contributed by atoms with Crippen LogP contribution in [0.15, 0.2) is 78.9 Å². The van der Waals surface area contributed by atoms with E-state index in [-0.39, 0.29) is 17.9 Å². The van der Waals surface area contributed by atoms with Crippen molar-refractivity contribution in [3.05, 3.63) is 107 Å². The van der Waals surface area contributed by atoms with E-state index in [4.69, 9.17) is 0 Å². The Morgan fingerprint density at radius 3 is 2.00 bits per heavy atom. The molecule has 0 unspecified atom stereocenters. The van der Waals surface area contributed by atoms with Gasteiger partial charge in [-0.05, 0) is 49.8 Å². The van der Waals surface area contributed by atoms with Crippen LogP contribution < -0.4 is 5.32 Å². The lowest BCUT2D eigenvalue weighted by Crippen LogP contribution is -2.52. The van der Waals surface area contributed by atoms with E-state index in [1.54, 1.807) is 0 Å². The van der Waals surface area contributed by atoms with Crippen LogP contribution in [-0.4, -0.2) is 28.8 Å². The zero-order valence-electron chi connectivity index (χ0n) is 22.3. The number of nitrogens with zero attached hydrogens (tertiary/aromatic N) is 1. The summed E-state index contributed by atoms with van der Waals surface area (Å²) in [5, 5.41) is 3.32. The minimum Gasteiger partial charge on any atom is -0.352 e. The molecule has 0 bridgehead atoms. The molecule has 1 atom stereocenters. The van der Waals surface area contributed by atoms with E-state index in [0.717, 1.165) is 42.4 Å². The van der Waals surface area contributed by atoms with Crippen LogP contribution in [0.1, 0.15) is 66.3 Å². The largest absolute Gasteiger partial charge is 0.352 e. The quantitative estimate of drug-likeness (QED) is 0.357. The predicted molar refractivity (Wildman–Crippen MR) is 150 cm³/mol. The molecule has 4 rings (SSSR count). The van der Waals surface area contributed by atoms with Gasteiger partial charge < -0.3 is 10.2 Å². The van der Waals surface area contributed by atoms with Gasteiger partial charge in [0.2, 0.25) is 11.8 Å². The van der Waals surface area contributed by atoms with E-state index in [1.807, 2.05) is 35.2 Å².